The molecule has 0 fully saturated rings. The van der Waals surface area contributed by atoms with Gasteiger partial charge >= 0.3 is 6.03 Å². The van der Waals surface area contributed by atoms with Crippen molar-refractivity contribution in [3.05, 3.63) is 60.8 Å². The molecule has 4 rings (SSSR count). The van der Waals surface area contributed by atoms with Gasteiger partial charge in [0.05, 0.1) is 18.7 Å². The fourth-order valence-corrected chi connectivity index (χ4v) is 4.73. The van der Waals surface area contributed by atoms with Crippen LogP contribution in [0.15, 0.2) is 65.8 Å². The highest BCUT2D eigenvalue weighted by atomic mass is 32.2. The van der Waals surface area contributed by atoms with Gasteiger partial charge in [0.1, 0.15) is 5.75 Å². The van der Waals surface area contributed by atoms with Crippen molar-refractivity contribution in [2.75, 3.05) is 51.0 Å². The summed E-state index contributed by atoms with van der Waals surface area (Å²) in [5, 5.41) is 11.2. The summed E-state index contributed by atoms with van der Waals surface area (Å²) in [4.78, 5) is 23.3. The summed E-state index contributed by atoms with van der Waals surface area (Å²) >= 11 is 1.61. The average Bonchev–Trinajstić information content (AvgIpc) is 3.29. The maximum atomic E-state index is 12.2. The van der Waals surface area contributed by atoms with E-state index >= 15 is 0 Å². The standard InChI is InChI=1S/C26H32N6O2S/c1-32(2)15-6-16-34-20-9-10-22-23(12-14-28-24(22)17-20)27-13-11-21-18-29-26(35-21)31-25(33)30-19-7-4-3-5-8-19/h3-5,7-10,12,14,17,21H,6,11,13,15-16,18H2,1-2H3,(H,27,28)(H2,29,30,31,33). The van der Waals surface area contributed by atoms with E-state index in [1.54, 1.807) is 11.8 Å². The first kappa shape index (κ1) is 24.8. The molecule has 1 unspecified atom stereocenters. The molecule has 0 aliphatic carbocycles. The summed E-state index contributed by atoms with van der Waals surface area (Å²) in [6.45, 7) is 3.19. The van der Waals surface area contributed by atoms with E-state index in [0.717, 1.165) is 54.0 Å². The van der Waals surface area contributed by atoms with Crippen LogP contribution in [0.5, 0.6) is 5.75 Å². The highest BCUT2D eigenvalue weighted by Crippen LogP contribution is 2.27. The maximum absolute atomic E-state index is 12.2. The Morgan fingerprint density at radius 2 is 2.00 bits per heavy atom. The van der Waals surface area contributed by atoms with Gasteiger partial charge in [0.25, 0.3) is 0 Å². The van der Waals surface area contributed by atoms with Crippen LogP contribution in [-0.2, 0) is 0 Å². The van der Waals surface area contributed by atoms with Gasteiger partial charge in [0.2, 0.25) is 0 Å². The summed E-state index contributed by atoms with van der Waals surface area (Å²) < 4.78 is 5.89. The van der Waals surface area contributed by atoms with Crippen LogP contribution in [0.4, 0.5) is 16.2 Å². The third-order valence-corrected chi connectivity index (χ3v) is 6.66. The number of ether oxygens (including phenoxy) is 1. The van der Waals surface area contributed by atoms with Gasteiger partial charge in [-0.2, -0.15) is 0 Å². The van der Waals surface area contributed by atoms with Crippen molar-refractivity contribution in [3.8, 4) is 5.75 Å². The van der Waals surface area contributed by atoms with Crippen molar-refractivity contribution in [2.45, 2.75) is 18.1 Å². The highest BCUT2D eigenvalue weighted by Gasteiger charge is 2.21. The molecule has 1 atom stereocenters. The van der Waals surface area contributed by atoms with Gasteiger partial charge in [0, 0.05) is 47.4 Å². The van der Waals surface area contributed by atoms with Crippen LogP contribution in [0.3, 0.4) is 0 Å². The van der Waals surface area contributed by atoms with E-state index in [1.807, 2.05) is 54.7 Å². The molecule has 0 saturated heterocycles. The first-order valence-electron chi connectivity index (χ1n) is 11.8. The zero-order chi connectivity index (χ0) is 24.5. The predicted octanol–water partition coefficient (Wildman–Crippen LogP) is 4.66. The quantitative estimate of drug-likeness (QED) is 0.357. The third-order valence-electron chi connectivity index (χ3n) is 5.48. The smallest absolute Gasteiger partial charge is 0.325 e. The van der Waals surface area contributed by atoms with E-state index in [4.69, 9.17) is 4.74 Å². The lowest BCUT2D eigenvalue weighted by Crippen LogP contribution is -2.32. The summed E-state index contributed by atoms with van der Waals surface area (Å²) in [5.74, 6) is 0.844. The van der Waals surface area contributed by atoms with Gasteiger partial charge in [-0.05, 0) is 57.3 Å². The number of thioether (sulfide) groups is 1. The zero-order valence-electron chi connectivity index (χ0n) is 20.2. The number of urea groups is 1. The van der Waals surface area contributed by atoms with E-state index < -0.39 is 0 Å². The van der Waals surface area contributed by atoms with Gasteiger partial charge < -0.3 is 20.3 Å². The molecule has 3 aromatic rings. The van der Waals surface area contributed by atoms with E-state index in [-0.39, 0.29) is 6.03 Å². The number of carbonyl (C=O) groups excluding carboxylic acids is 1. The summed E-state index contributed by atoms with van der Waals surface area (Å²) in [6, 6.07) is 17.2. The normalized spacial score (nSPS) is 15.2. The lowest BCUT2D eigenvalue weighted by molar-refractivity contribution is 0.256. The number of fused-ring (bicyclic) bond motifs is 1. The third kappa shape index (κ3) is 7.60. The van der Waals surface area contributed by atoms with Gasteiger partial charge in [-0.1, -0.05) is 30.0 Å². The number of hydrogen-bond donors (Lipinski definition) is 3. The molecular formula is C26H32N6O2S. The number of hydrogen-bond acceptors (Lipinski definition) is 7. The number of amidine groups is 1. The number of nitrogens with one attached hydrogen (secondary N) is 3. The number of pyridine rings is 1. The molecule has 1 aliphatic heterocycles. The van der Waals surface area contributed by atoms with Gasteiger partial charge in [-0.3, -0.25) is 15.3 Å². The largest absolute Gasteiger partial charge is 0.493 e. The first-order chi connectivity index (χ1) is 17.1. The van der Waals surface area contributed by atoms with Crippen LogP contribution < -0.4 is 20.7 Å². The Labute approximate surface area is 210 Å². The number of anilines is 2. The van der Waals surface area contributed by atoms with Gasteiger partial charge in [-0.15, -0.1) is 0 Å². The molecule has 35 heavy (non-hydrogen) atoms. The molecule has 2 amide bonds. The molecule has 9 heteroatoms. The van der Waals surface area contributed by atoms with Crippen LogP contribution in [-0.4, -0.2) is 66.7 Å². The highest BCUT2D eigenvalue weighted by molar-refractivity contribution is 8.14. The number of benzene rings is 2. The van der Waals surface area contributed by atoms with E-state index in [0.29, 0.717) is 23.6 Å². The lowest BCUT2D eigenvalue weighted by atomic mass is 10.1. The lowest BCUT2D eigenvalue weighted by Gasteiger charge is -2.13. The minimum atomic E-state index is -0.273. The molecular weight excluding hydrogens is 460 g/mol. The SMILES string of the molecule is CN(C)CCCOc1ccc2c(NCCC3CN=C(NC(=O)Nc4ccccc4)S3)ccnc2c1. The Kier molecular flexibility index (Phi) is 8.80. The molecule has 0 radical (unpaired) electrons. The van der Waals surface area contributed by atoms with Crippen LogP contribution >= 0.6 is 11.8 Å². The summed E-state index contributed by atoms with van der Waals surface area (Å²) in [5.41, 5.74) is 2.72. The first-order valence-corrected chi connectivity index (χ1v) is 12.7. The fourth-order valence-electron chi connectivity index (χ4n) is 3.73. The van der Waals surface area contributed by atoms with Crippen LogP contribution in [0.25, 0.3) is 10.9 Å². The number of nitrogens with zero attached hydrogens (tertiary/aromatic N) is 3. The minimum Gasteiger partial charge on any atom is -0.493 e. The topological polar surface area (TPSA) is 90.9 Å². The molecule has 1 aliphatic rings. The molecule has 0 bridgehead atoms. The zero-order valence-corrected chi connectivity index (χ0v) is 21.0. The molecule has 184 valence electrons. The van der Waals surface area contributed by atoms with Gasteiger partial charge in [-0.25, -0.2) is 4.79 Å². The van der Waals surface area contributed by atoms with Crippen molar-refractivity contribution < 1.29 is 9.53 Å². The minimum absolute atomic E-state index is 0.273. The van der Waals surface area contributed by atoms with Crippen LogP contribution in [0.1, 0.15) is 12.8 Å². The van der Waals surface area contributed by atoms with Crippen molar-refractivity contribution in [1.29, 1.82) is 0 Å². The Bertz CT molecular complexity index is 1160. The number of aliphatic imine (C=N–C) groups is 1. The van der Waals surface area contributed by atoms with Crippen molar-refractivity contribution in [1.82, 2.24) is 15.2 Å². The molecule has 2 aromatic carbocycles. The van der Waals surface area contributed by atoms with Gasteiger partial charge in [0.15, 0.2) is 5.17 Å². The molecule has 8 nitrogen and oxygen atoms in total. The van der Waals surface area contributed by atoms with Crippen molar-refractivity contribution in [2.24, 2.45) is 4.99 Å². The second-order valence-corrected chi connectivity index (χ2v) is 9.88. The molecule has 3 N–H and O–H groups in total. The molecule has 1 aromatic heterocycles. The van der Waals surface area contributed by atoms with Crippen LogP contribution in [0.2, 0.25) is 0 Å². The Hall–Kier alpha value is -3.30. The Balaban J connectivity index is 1.21. The van der Waals surface area contributed by atoms with Crippen molar-refractivity contribution >= 4 is 45.2 Å². The van der Waals surface area contributed by atoms with E-state index in [9.17, 15) is 4.79 Å². The second kappa shape index (κ2) is 12.4. The number of aromatic nitrogens is 1. The summed E-state index contributed by atoms with van der Waals surface area (Å²) in [7, 11) is 4.13. The van der Waals surface area contributed by atoms with Crippen LogP contribution in [0, 0.1) is 0 Å². The Morgan fingerprint density at radius 1 is 1.14 bits per heavy atom. The second-order valence-electron chi connectivity index (χ2n) is 8.59. The average molecular weight is 493 g/mol. The maximum Gasteiger partial charge on any atom is 0.325 e. The number of rotatable bonds is 10. The number of amides is 2. The van der Waals surface area contributed by atoms with Crippen molar-refractivity contribution in [3.63, 3.8) is 0 Å². The molecule has 0 spiro atoms. The summed E-state index contributed by atoms with van der Waals surface area (Å²) in [6.07, 6.45) is 3.73. The van der Waals surface area contributed by atoms with E-state index in [1.165, 1.54) is 0 Å². The molecule has 0 saturated carbocycles. The fraction of sp³-hybridized carbons (Fsp3) is 0.346. The predicted molar refractivity (Wildman–Crippen MR) is 146 cm³/mol. The number of para-hydroxylation sites is 1. The molecule has 2 heterocycles. The number of carbonyl (C=O) groups is 1. The Morgan fingerprint density at radius 3 is 2.83 bits per heavy atom. The van der Waals surface area contributed by atoms with E-state index in [2.05, 4.69) is 51.0 Å². The monoisotopic (exact) mass is 492 g/mol.